The Labute approximate surface area is 80.1 Å². The van der Waals surface area contributed by atoms with Gasteiger partial charge in [-0.05, 0) is 26.2 Å². The molecule has 0 spiro atoms. The Balaban J connectivity index is 2.67. The summed E-state index contributed by atoms with van der Waals surface area (Å²) in [5, 5.41) is 0. The number of hydrogen-bond acceptors (Lipinski definition) is 2. The highest BCUT2D eigenvalue weighted by atomic mass is 16.5. The zero-order valence-corrected chi connectivity index (χ0v) is 8.80. The van der Waals surface area contributed by atoms with Crippen molar-refractivity contribution in [3.8, 4) is 0 Å². The van der Waals surface area contributed by atoms with Crippen LogP contribution in [0.1, 0.15) is 39.5 Å². The van der Waals surface area contributed by atoms with E-state index in [1.807, 2.05) is 4.90 Å². The molecule has 0 N–H and O–H groups in total. The molecule has 76 valence electrons. The van der Waals surface area contributed by atoms with E-state index in [4.69, 9.17) is 4.74 Å². The van der Waals surface area contributed by atoms with Crippen LogP contribution >= 0.6 is 0 Å². The summed E-state index contributed by atoms with van der Waals surface area (Å²) in [6, 6.07) is 0. The zero-order chi connectivity index (χ0) is 9.90. The van der Waals surface area contributed by atoms with Gasteiger partial charge in [-0.15, -0.1) is 0 Å². The number of ether oxygens (including phenoxy) is 1. The first-order chi connectivity index (χ1) is 6.14. The van der Waals surface area contributed by atoms with Gasteiger partial charge in [0.05, 0.1) is 7.11 Å². The zero-order valence-electron chi connectivity index (χ0n) is 8.80. The van der Waals surface area contributed by atoms with Crippen molar-refractivity contribution < 1.29 is 9.53 Å². The van der Waals surface area contributed by atoms with Crippen LogP contribution < -0.4 is 0 Å². The molecule has 1 rings (SSSR count). The fourth-order valence-electron chi connectivity index (χ4n) is 2.24. The molecule has 3 nitrogen and oxygen atoms in total. The predicted octanol–water partition coefficient (Wildman–Crippen LogP) is 2.41. The fourth-order valence-corrected chi connectivity index (χ4v) is 2.24. The number of methoxy groups -OCH3 is 1. The summed E-state index contributed by atoms with van der Waals surface area (Å²) in [6.07, 6.45) is 4.22. The summed E-state index contributed by atoms with van der Waals surface area (Å²) >= 11 is 0. The lowest BCUT2D eigenvalue weighted by molar-refractivity contribution is 0.0884. The molecule has 0 radical (unpaired) electrons. The van der Waals surface area contributed by atoms with E-state index >= 15 is 0 Å². The summed E-state index contributed by atoms with van der Waals surface area (Å²) in [7, 11) is 1.45. The van der Waals surface area contributed by atoms with Gasteiger partial charge < -0.3 is 9.64 Å². The summed E-state index contributed by atoms with van der Waals surface area (Å²) < 4.78 is 4.76. The van der Waals surface area contributed by atoms with Crippen LogP contribution in [0.3, 0.4) is 0 Å². The van der Waals surface area contributed by atoms with Crippen molar-refractivity contribution in [2.24, 2.45) is 0 Å². The van der Waals surface area contributed by atoms with Gasteiger partial charge in [-0.25, -0.2) is 4.79 Å². The molecule has 1 saturated heterocycles. The van der Waals surface area contributed by atoms with Crippen LogP contribution in [-0.4, -0.2) is 30.2 Å². The maximum absolute atomic E-state index is 11.4. The van der Waals surface area contributed by atoms with Gasteiger partial charge in [0.25, 0.3) is 0 Å². The third-order valence-electron chi connectivity index (χ3n) is 2.93. The van der Waals surface area contributed by atoms with Crippen LogP contribution in [0.4, 0.5) is 4.79 Å². The van der Waals surface area contributed by atoms with E-state index in [2.05, 4.69) is 13.8 Å². The van der Waals surface area contributed by atoms with Crippen molar-refractivity contribution in [1.29, 1.82) is 0 Å². The summed E-state index contributed by atoms with van der Waals surface area (Å²) in [4.78, 5) is 13.3. The minimum Gasteiger partial charge on any atom is -0.453 e. The molecule has 0 aromatic heterocycles. The number of hydrogen-bond donors (Lipinski definition) is 0. The van der Waals surface area contributed by atoms with E-state index < -0.39 is 0 Å². The third-order valence-corrected chi connectivity index (χ3v) is 2.93. The maximum Gasteiger partial charge on any atom is 0.409 e. The molecule has 0 aromatic carbocycles. The molecule has 3 heteroatoms. The van der Waals surface area contributed by atoms with Gasteiger partial charge >= 0.3 is 6.09 Å². The number of nitrogens with zero attached hydrogens (tertiary/aromatic N) is 1. The van der Waals surface area contributed by atoms with Crippen molar-refractivity contribution in [2.45, 2.75) is 45.1 Å². The summed E-state index contributed by atoms with van der Waals surface area (Å²) in [6.45, 7) is 5.16. The van der Waals surface area contributed by atoms with Crippen LogP contribution in [0, 0.1) is 0 Å². The Kier molecular flexibility index (Phi) is 3.17. The monoisotopic (exact) mass is 185 g/mol. The molecular formula is C10H19NO2. The molecule has 0 saturated carbocycles. The van der Waals surface area contributed by atoms with Crippen LogP contribution in [0.15, 0.2) is 0 Å². The fraction of sp³-hybridized carbons (Fsp3) is 0.900. The van der Waals surface area contributed by atoms with E-state index in [0.717, 1.165) is 32.2 Å². The van der Waals surface area contributed by atoms with Gasteiger partial charge in [-0.3, -0.25) is 0 Å². The molecule has 1 atom stereocenters. The van der Waals surface area contributed by atoms with Gasteiger partial charge in [0.2, 0.25) is 0 Å². The lowest BCUT2D eigenvalue weighted by Gasteiger charge is -2.33. The minimum atomic E-state index is -0.173. The Morgan fingerprint density at radius 2 is 2.31 bits per heavy atom. The summed E-state index contributed by atoms with van der Waals surface area (Å²) in [5.74, 6) is 0. The topological polar surface area (TPSA) is 29.5 Å². The number of amides is 1. The van der Waals surface area contributed by atoms with E-state index in [9.17, 15) is 4.79 Å². The van der Waals surface area contributed by atoms with Crippen LogP contribution in [0.25, 0.3) is 0 Å². The molecule has 1 aliphatic heterocycles. The molecule has 1 aliphatic rings. The molecule has 1 heterocycles. The Morgan fingerprint density at radius 1 is 1.62 bits per heavy atom. The maximum atomic E-state index is 11.4. The molecule has 13 heavy (non-hydrogen) atoms. The van der Waals surface area contributed by atoms with Crippen LogP contribution in [0.5, 0.6) is 0 Å². The molecule has 1 fully saturated rings. The van der Waals surface area contributed by atoms with Gasteiger partial charge in [0.1, 0.15) is 0 Å². The second-order valence-corrected chi connectivity index (χ2v) is 3.97. The van der Waals surface area contributed by atoms with E-state index in [1.54, 1.807) is 0 Å². The van der Waals surface area contributed by atoms with Crippen LogP contribution in [0.2, 0.25) is 0 Å². The molecule has 0 aromatic rings. The van der Waals surface area contributed by atoms with Crippen LogP contribution in [-0.2, 0) is 4.74 Å². The standard InChI is InChI=1S/C10H19NO2/c1-4-6-10(2)7-5-8-11(10)9(12)13-3/h4-8H2,1-3H3. The normalized spacial score (nSPS) is 27.8. The highest BCUT2D eigenvalue weighted by Gasteiger charge is 2.39. The highest BCUT2D eigenvalue weighted by molar-refractivity contribution is 5.68. The van der Waals surface area contributed by atoms with Crippen molar-refractivity contribution in [3.05, 3.63) is 0 Å². The Morgan fingerprint density at radius 3 is 2.85 bits per heavy atom. The predicted molar refractivity (Wildman–Crippen MR) is 51.7 cm³/mol. The SMILES string of the molecule is CCCC1(C)CCCN1C(=O)OC. The molecule has 1 unspecified atom stereocenters. The van der Waals surface area contributed by atoms with Crippen molar-refractivity contribution in [1.82, 2.24) is 4.90 Å². The molecule has 0 bridgehead atoms. The highest BCUT2D eigenvalue weighted by Crippen LogP contribution is 2.33. The van der Waals surface area contributed by atoms with Gasteiger partial charge in [-0.1, -0.05) is 13.3 Å². The Hall–Kier alpha value is -0.730. The van der Waals surface area contributed by atoms with Gasteiger partial charge in [0.15, 0.2) is 0 Å². The average Bonchev–Trinajstić information content (AvgIpc) is 2.47. The second-order valence-electron chi connectivity index (χ2n) is 3.97. The minimum absolute atomic E-state index is 0.0435. The lowest BCUT2D eigenvalue weighted by Crippen LogP contribution is -2.44. The average molecular weight is 185 g/mol. The van der Waals surface area contributed by atoms with Crippen molar-refractivity contribution in [2.75, 3.05) is 13.7 Å². The van der Waals surface area contributed by atoms with E-state index in [0.29, 0.717) is 0 Å². The number of carbonyl (C=O) groups excluding carboxylic acids is 1. The van der Waals surface area contributed by atoms with Crippen molar-refractivity contribution in [3.63, 3.8) is 0 Å². The van der Waals surface area contributed by atoms with Gasteiger partial charge in [-0.2, -0.15) is 0 Å². The third kappa shape index (κ3) is 1.95. The molecule has 0 aliphatic carbocycles. The number of carbonyl (C=O) groups is 1. The van der Waals surface area contributed by atoms with Gasteiger partial charge in [0, 0.05) is 12.1 Å². The molecule has 1 amide bonds. The second kappa shape index (κ2) is 3.99. The first kappa shape index (κ1) is 10.4. The largest absolute Gasteiger partial charge is 0.453 e. The van der Waals surface area contributed by atoms with E-state index in [1.165, 1.54) is 7.11 Å². The smallest absolute Gasteiger partial charge is 0.409 e. The van der Waals surface area contributed by atoms with E-state index in [-0.39, 0.29) is 11.6 Å². The van der Waals surface area contributed by atoms with Crippen molar-refractivity contribution >= 4 is 6.09 Å². The quantitative estimate of drug-likeness (QED) is 0.661. The first-order valence-corrected chi connectivity index (χ1v) is 4.99. The first-order valence-electron chi connectivity index (χ1n) is 4.99. The number of rotatable bonds is 2. The lowest BCUT2D eigenvalue weighted by atomic mass is 9.93. The molecular weight excluding hydrogens is 166 g/mol. The number of likely N-dealkylation sites (tertiary alicyclic amines) is 1. The summed E-state index contributed by atoms with van der Waals surface area (Å²) in [5.41, 5.74) is 0.0435. The Bertz CT molecular complexity index is 193.